The highest BCUT2D eigenvalue weighted by Crippen LogP contribution is 2.36. The Balaban J connectivity index is 2.25. The van der Waals surface area contributed by atoms with Crippen molar-refractivity contribution in [3.8, 4) is 0 Å². The fraction of sp³-hybridized carbons (Fsp3) is 0.700. The zero-order chi connectivity index (χ0) is 10.0. The number of nitrogens with zero attached hydrogens (tertiary/aromatic N) is 1. The predicted octanol–water partition coefficient (Wildman–Crippen LogP) is 1.42. The lowest BCUT2D eigenvalue weighted by Gasteiger charge is -2.20. The van der Waals surface area contributed by atoms with E-state index in [0.717, 1.165) is 37.4 Å². The van der Waals surface area contributed by atoms with Crippen LogP contribution in [0.15, 0.2) is 10.8 Å². The van der Waals surface area contributed by atoms with E-state index in [9.17, 15) is 0 Å². The van der Waals surface area contributed by atoms with Crippen molar-refractivity contribution in [1.82, 2.24) is 10.3 Å². The second-order valence-corrected chi connectivity index (χ2v) is 3.84. The van der Waals surface area contributed by atoms with Crippen molar-refractivity contribution in [1.29, 1.82) is 0 Å². The summed E-state index contributed by atoms with van der Waals surface area (Å²) in [4.78, 5) is 4.19. The van der Waals surface area contributed by atoms with Crippen molar-refractivity contribution < 1.29 is 9.15 Å². The number of rotatable bonds is 3. The topological polar surface area (TPSA) is 47.3 Å². The summed E-state index contributed by atoms with van der Waals surface area (Å²) in [7, 11) is 1.90. The molecule has 0 aliphatic carbocycles. The van der Waals surface area contributed by atoms with Crippen LogP contribution in [0, 0.1) is 0 Å². The number of hydrogen-bond donors (Lipinski definition) is 1. The summed E-state index contributed by atoms with van der Waals surface area (Å²) in [5.74, 6) is 0.879. The van der Waals surface area contributed by atoms with Gasteiger partial charge in [0.1, 0.15) is 5.60 Å². The van der Waals surface area contributed by atoms with Crippen LogP contribution >= 0.6 is 0 Å². The van der Waals surface area contributed by atoms with Gasteiger partial charge in [-0.1, -0.05) is 0 Å². The number of oxazole rings is 1. The van der Waals surface area contributed by atoms with Crippen LogP contribution in [0.2, 0.25) is 0 Å². The third kappa shape index (κ3) is 1.55. The molecule has 2 rings (SSSR count). The zero-order valence-corrected chi connectivity index (χ0v) is 8.67. The van der Waals surface area contributed by atoms with Crippen LogP contribution in [0.25, 0.3) is 0 Å². The molecular formula is C10H16N2O2. The number of nitrogens with one attached hydrogen (secondary N) is 1. The van der Waals surface area contributed by atoms with E-state index in [1.165, 1.54) is 6.39 Å². The molecule has 1 fully saturated rings. The van der Waals surface area contributed by atoms with Crippen molar-refractivity contribution in [3.63, 3.8) is 0 Å². The van der Waals surface area contributed by atoms with Gasteiger partial charge in [0.2, 0.25) is 0 Å². The first-order valence-corrected chi connectivity index (χ1v) is 4.98. The molecule has 0 amide bonds. The van der Waals surface area contributed by atoms with Crippen LogP contribution in [-0.2, 0) is 16.9 Å². The molecule has 4 nitrogen and oxygen atoms in total. The molecule has 1 aliphatic rings. The lowest BCUT2D eigenvalue weighted by atomic mass is 9.98. The van der Waals surface area contributed by atoms with Gasteiger partial charge in [-0.05, 0) is 26.8 Å². The summed E-state index contributed by atoms with van der Waals surface area (Å²) >= 11 is 0. The Kier molecular flexibility index (Phi) is 2.56. The Morgan fingerprint density at radius 3 is 3.14 bits per heavy atom. The van der Waals surface area contributed by atoms with E-state index >= 15 is 0 Å². The van der Waals surface area contributed by atoms with Gasteiger partial charge < -0.3 is 14.5 Å². The third-order valence-electron chi connectivity index (χ3n) is 2.68. The molecule has 0 saturated carbocycles. The summed E-state index contributed by atoms with van der Waals surface area (Å²) in [6.45, 7) is 3.61. The van der Waals surface area contributed by atoms with E-state index in [1.54, 1.807) is 0 Å². The minimum atomic E-state index is -0.261. The normalized spacial score (nSPS) is 27.0. The SMILES string of the molecule is CNCc1ncoc1C1(C)CCCO1. The first-order chi connectivity index (χ1) is 6.76. The first kappa shape index (κ1) is 9.68. The summed E-state index contributed by atoms with van der Waals surface area (Å²) in [6.07, 6.45) is 3.60. The van der Waals surface area contributed by atoms with E-state index in [2.05, 4.69) is 17.2 Å². The molecular weight excluding hydrogens is 180 g/mol. The first-order valence-electron chi connectivity index (χ1n) is 4.98. The van der Waals surface area contributed by atoms with Crippen molar-refractivity contribution in [2.45, 2.75) is 31.9 Å². The number of hydrogen-bond acceptors (Lipinski definition) is 4. The molecule has 1 N–H and O–H groups in total. The Morgan fingerprint density at radius 2 is 2.50 bits per heavy atom. The molecule has 1 aromatic rings. The van der Waals surface area contributed by atoms with Crippen molar-refractivity contribution in [3.05, 3.63) is 17.8 Å². The summed E-state index contributed by atoms with van der Waals surface area (Å²) in [5, 5.41) is 3.07. The second kappa shape index (κ2) is 3.71. The lowest BCUT2D eigenvalue weighted by Crippen LogP contribution is -2.22. The molecule has 1 saturated heterocycles. The minimum absolute atomic E-state index is 0.261. The van der Waals surface area contributed by atoms with Gasteiger partial charge in [-0.15, -0.1) is 0 Å². The van der Waals surface area contributed by atoms with Gasteiger partial charge in [0, 0.05) is 13.2 Å². The van der Waals surface area contributed by atoms with Gasteiger partial charge in [-0.25, -0.2) is 4.98 Å². The van der Waals surface area contributed by atoms with E-state index < -0.39 is 0 Å². The molecule has 0 radical (unpaired) electrons. The van der Waals surface area contributed by atoms with E-state index in [0.29, 0.717) is 0 Å². The van der Waals surface area contributed by atoms with Gasteiger partial charge in [-0.2, -0.15) is 0 Å². The average Bonchev–Trinajstić information content (AvgIpc) is 2.75. The van der Waals surface area contributed by atoms with Crippen molar-refractivity contribution >= 4 is 0 Å². The monoisotopic (exact) mass is 196 g/mol. The molecule has 1 aromatic heterocycles. The molecule has 4 heteroatoms. The largest absolute Gasteiger partial charge is 0.445 e. The van der Waals surface area contributed by atoms with Crippen LogP contribution in [-0.4, -0.2) is 18.6 Å². The van der Waals surface area contributed by atoms with Crippen LogP contribution in [0.1, 0.15) is 31.2 Å². The van der Waals surface area contributed by atoms with E-state index in [1.807, 2.05) is 7.05 Å². The molecule has 1 atom stereocenters. The maximum Gasteiger partial charge on any atom is 0.181 e. The highest BCUT2D eigenvalue weighted by Gasteiger charge is 2.37. The van der Waals surface area contributed by atoms with Gasteiger partial charge in [-0.3, -0.25) is 0 Å². The summed E-state index contributed by atoms with van der Waals surface area (Å²) in [5.41, 5.74) is 0.694. The van der Waals surface area contributed by atoms with Gasteiger partial charge >= 0.3 is 0 Å². The molecule has 78 valence electrons. The summed E-state index contributed by atoms with van der Waals surface area (Å²) in [6, 6.07) is 0. The fourth-order valence-corrected chi connectivity index (χ4v) is 1.95. The van der Waals surface area contributed by atoms with Crippen LogP contribution in [0.3, 0.4) is 0 Å². The maximum atomic E-state index is 5.71. The highest BCUT2D eigenvalue weighted by atomic mass is 16.5. The van der Waals surface area contributed by atoms with Crippen LogP contribution in [0.4, 0.5) is 0 Å². The highest BCUT2D eigenvalue weighted by molar-refractivity contribution is 5.16. The fourth-order valence-electron chi connectivity index (χ4n) is 1.95. The molecule has 0 spiro atoms. The predicted molar refractivity (Wildman–Crippen MR) is 51.8 cm³/mol. The Labute approximate surface area is 83.7 Å². The second-order valence-electron chi connectivity index (χ2n) is 3.84. The van der Waals surface area contributed by atoms with Gasteiger partial charge in [0.15, 0.2) is 12.2 Å². The Hall–Kier alpha value is -0.870. The van der Waals surface area contributed by atoms with Crippen LogP contribution in [0.5, 0.6) is 0 Å². The van der Waals surface area contributed by atoms with Gasteiger partial charge in [0.05, 0.1) is 5.69 Å². The molecule has 1 unspecified atom stereocenters. The van der Waals surface area contributed by atoms with Crippen molar-refractivity contribution in [2.24, 2.45) is 0 Å². The maximum absolute atomic E-state index is 5.71. The number of ether oxygens (including phenoxy) is 1. The lowest BCUT2D eigenvalue weighted by molar-refractivity contribution is -0.00181. The van der Waals surface area contributed by atoms with E-state index in [-0.39, 0.29) is 5.60 Å². The average molecular weight is 196 g/mol. The van der Waals surface area contributed by atoms with Crippen LogP contribution < -0.4 is 5.32 Å². The molecule has 2 heterocycles. The molecule has 14 heavy (non-hydrogen) atoms. The zero-order valence-electron chi connectivity index (χ0n) is 8.67. The smallest absolute Gasteiger partial charge is 0.181 e. The van der Waals surface area contributed by atoms with Crippen molar-refractivity contribution in [2.75, 3.05) is 13.7 Å². The summed E-state index contributed by atoms with van der Waals surface area (Å²) < 4.78 is 11.1. The Bertz CT molecular complexity index is 303. The standard InChI is InChI=1S/C10H16N2O2/c1-10(4-3-5-14-10)9-8(6-11-2)12-7-13-9/h7,11H,3-6H2,1-2H3. The quantitative estimate of drug-likeness (QED) is 0.794. The molecule has 0 bridgehead atoms. The number of aromatic nitrogens is 1. The molecule has 0 aromatic carbocycles. The third-order valence-corrected chi connectivity index (χ3v) is 2.68. The van der Waals surface area contributed by atoms with Gasteiger partial charge in [0.25, 0.3) is 0 Å². The van der Waals surface area contributed by atoms with E-state index in [4.69, 9.17) is 9.15 Å². The molecule has 1 aliphatic heterocycles. The Morgan fingerprint density at radius 1 is 1.64 bits per heavy atom. The minimum Gasteiger partial charge on any atom is -0.445 e.